The number of ether oxygens (including phenoxy) is 1. The number of aromatic nitrogens is 1. The molecule has 1 unspecified atom stereocenters. The van der Waals surface area contributed by atoms with Gasteiger partial charge in [0, 0.05) is 16.5 Å². The summed E-state index contributed by atoms with van der Waals surface area (Å²) in [5, 5.41) is 0.980. The molecule has 1 atom stereocenters. The molecule has 0 saturated heterocycles. The normalized spacial score (nSPS) is 12.0. The molecule has 0 aliphatic rings. The largest absolute Gasteiger partial charge is 0.495 e. The molecule has 0 fully saturated rings. The molecule has 0 aliphatic heterocycles. The average Bonchev–Trinajstić information content (AvgIpc) is 2.98. The monoisotopic (exact) mass is 605 g/mol. The van der Waals surface area contributed by atoms with Gasteiger partial charge in [0.15, 0.2) is 0 Å². The average molecular weight is 606 g/mol. The first-order valence-electron chi connectivity index (χ1n) is 11.7. The quantitative estimate of drug-likeness (QED) is 0.115. The first-order valence-corrected chi connectivity index (χ1v) is 13.2. The molecule has 0 N–H and O–H groups in total. The summed E-state index contributed by atoms with van der Waals surface area (Å²) in [6.07, 6.45) is 0. The minimum atomic E-state index is -2.68. The molecule has 0 saturated carbocycles. The van der Waals surface area contributed by atoms with Gasteiger partial charge in [-0.2, -0.15) is 8.78 Å². The van der Waals surface area contributed by atoms with Crippen molar-refractivity contribution in [1.29, 1.82) is 0 Å². The third kappa shape index (κ3) is 5.07. The highest BCUT2D eigenvalue weighted by Crippen LogP contribution is 2.34. The van der Waals surface area contributed by atoms with Gasteiger partial charge in [-0.25, -0.2) is 17.4 Å². The summed E-state index contributed by atoms with van der Waals surface area (Å²) < 4.78 is 92.8. The highest BCUT2D eigenvalue weighted by atomic mass is 35.5. The molecule has 41 heavy (non-hydrogen) atoms. The maximum absolute atomic E-state index is 14.0. The molecule has 1 aromatic heterocycles. The van der Waals surface area contributed by atoms with Gasteiger partial charge in [-0.15, -0.1) is 0 Å². The lowest BCUT2D eigenvalue weighted by atomic mass is 10.0. The Balaban J connectivity index is 1.55. The van der Waals surface area contributed by atoms with E-state index in [9.17, 15) is 31.0 Å². The summed E-state index contributed by atoms with van der Waals surface area (Å²) >= 11 is 3.46. The maximum atomic E-state index is 14.0. The number of fused-ring (bicyclic) bond motifs is 1. The maximum Gasteiger partial charge on any atom is 0.255 e. The van der Waals surface area contributed by atoms with Gasteiger partial charge in [-0.3, -0.25) is 9.36 Å². The van der Waals surface area contributed by atoms with Gasteiger partial charge in [-0.1, -0.05) is 23.7 Å². The number of nitrogens with zero attached hydrogens (tertiary/aromatic N) is 1. The van der Waals surface area contributed by atoms with E-state index in [-0.39, 0.29) is 4.90 Å². The second-order valence-electron chi connectivity index (χ2n) is 8.80. The lowest BCUT2D eigenvalue weighted by Crippen LogP contribution is -2.18. The molecule has 0 amide bonds. The summed E-state index contributed by atoms with van der Waals surface area (Å²) in [6.45, 7) is 1.88. The van der Waals surface area contributed by atoms with Crippen molar-refractivity contribution >= 4 is 33.6 Å². The van der Waals surface area contributed by atoms with Crippen LogP contribution in [0.15, 0.2) is 76.4 Å². The molecule has 0 aliphatic carbocycles. The topological polar surface area (TPSA) is 57.5 Å². The highest BCUT2D eigenvalue weighted by molar-refractivity contribution is 7.80. The SMILES string of the molecule is COc1cc(-c2ccc(Cl)c(C)c2)ccc1-n1c(=O)ccc2cc(S(=O)Oc3c(F)c(F)c(F)c(F)c3F)ccc21. The third-order valence-electron chi connectivity index (χ3n) is 6.30. The fourth-order valence-corrected chi connectivity index (χ4v) is 5.14. The lowest BCUT2D eigenvalue weighted by molar-refractivity contribution is 0.352. The first kappa shape index (κ1) is 28.3. The predicted molar refractivity (Wildman–Crippen MR) is 145 cm³/mol. The number of pyridine rings is 1. The van der Waals surface area contributed by atoms with Crippen LogP contribution in [0.1, 0.15) is 5.56 Å². The Labute approximate surface area is 237 Å². The standard InChI is InChI=1S/C29H17ClF5NO4S/c1-14-11-15(3-7-19(14)30)16-4-8-21(22(13-16)39-2)36-20-9-6-18(12-17(20)5-10-23(36)37)41(38)40-29-27(34)25(32)24(31)26(33)28(29)35/h3-13H,1-2H3. The Bertz CT molecular complexity index is 1920. The second-order valence-corrected chi connectivity index (χ2v) is 10.3. The highest BCUT2D eigenvalue weighted by Gasteiger charge is 2.29. The number of rotatable bonds is 6. The van der Waals surface area contributed by atoms with Crippen LogP contribution in [-0.2, 0) is 11.1 Å². The van der Waals surface area contributed by atoms with E-state index in [0.29, 0.717) is 27.4 Å². The van der Waals surface area contributed by atoms with E-state index >= 15 is 0 Å². The van der Waals surface area contributed by atoms with Crippen LogP contribution in [0.2, 0.25) is 5.02 Å². The third-order valence-corrected chi connectivity index (χ3v) is 7.68. The van der Waals surface area contributed by atoms with Crippen LogP contribution in [0, 0.1) is 36.0 Å². The van der Waals surface area contributed by atoms with Gasteiger partial charge in [0.25, 0.3) is 5.56 Å². The lowest BCUT2D eigenvalue weighted by Gasteiger charge is -2.16. The fraction of sp³-hybridized carbons (Fsp3) is 0.0690. The van der Waals surface area contributed by atoms with Crippen molar-refractivity contribution in [3.05, 3.63) is 117 Å². The van der Waals surface area contributed by atoms with Gasteiger partial charge in [0.2, 0.25) is 45.9 Å². The van der Waals surface area contributed by atoms with Crippen molar-refractivity contribution in [1.82, 2.24) is 4.57 Å². The number of benzene rings is 4. The van der Waals surface area contributed by atoms with Crippen LogP contribution in [0.3, 0.4) is 0 Å². The van der Waals surface area contributed by atoms with Crippen LogP contribution in [-0.4, -0.2) is 15.9 Å². The molecular formula is C29H17ClF5NO4S. The summed E-state index contributed by atoms with van der Waals surface area (Å²) in [5.74, 6) is -12.7. The first-order chi connectivity index (χ1) is 19.5. The number of hydrogen-bond acceptors (Lipinski definition) is 4. The van der Waals surface area contributed by atoms with Gasteiger partial charge in [0.1, 0.15) is 5.75 Å². The van der Waals surface area contributed by atoms with E-state index in [4.69, 9.17) is 16.3 Å². The Hall–Kier alpha value is -4.22. The second kappa shape index (κ2) is 11.0. The summed E-state index contributed by atoms with van der Waals surface area (Å²) in [6, 6.07) is 17.4. The van der Waals surface area contributed by atoms with Crippen LogP contribution in [0.25, 0.3) is 27.7 Å². The van der Waals surface area contributed by atoms with E-state index in [1.807, 2.05) is 19.1 Å². The summed E-state index contributed by atoms with van der Waals surface area (Å²) in [7, 11) is 1.45. The molecule has 5 nitrogen and oxygen atoms in total. The number of aryl methyl sites for hydroxylation is 1. The van der Waals surface area contributed by atoms with Crippen LogP contribution in [0.4, 0.5) is 22.0 Å². The summed E-state index contributed by atoms with van der Waals surface area (Å²) in [5.41, 5.74) is 2.89. The van der Waals surface area contributed by atoms with Crippen molar-refractivity contribution in [2.24, 2.45) is 0 Å². The molecule has 210 valence electrons. The molecule has 0 spiro atoms. The summed E-state index contributed by atoms with van der Waals surface area (Å²) in [4.78, 5) is 12.8. The van der Waals surface area contributed by atoms with Crippen molar-refractivity contribution in [3.8, 4) is 28.3 Å². The number of halogens is 6. The van der Waals surface area contributed by atoms with Crippen molar-refractivity contribution in [2.45, 2.75) is 11.8 Å². The molecule has 0 bridgehead atoms. The number of methoxy groups -OCH3 is 1. The van der Waals surface area contributed by atoms with Crippen LogP contribution in [0.5, 0.6) is 11.5 Å². The van der Waals surface area contributed by atoms with E-state index in [0.717, 1.165) is 16.7 Å². The Morgan fingerprint density at radius 3 is 2.07 bits per heavy atom. The van der Waals surface area contributed by atoms with Crippen molar-refractivity contribution < 1.29 is 35.1 Å². The Kier molecular flexibility index (Phi) is 7.58. The van der Waals surface area contributed by atoms with E-state index < -0.39 is 51.5 Å². The van der Waals surface area contributed by atoms with Gasteiger partial charge in [0.05, 0.1) is 23.2 Å². The van der Waals surface area contributed by atoms with Gasteiger partial charge in [-0.05, 0) is 72.1 Å². The molecule has 5 aromatic rings. The smallest absolute Gasteiger partial charge is 0.255 e. The Morgan fingerprint density at radius 1 is 0.780 bits per heavy atom. The van der Waals surface area contributed by atoms with Crippen molar-refractivity contribution in [3.63, 3.8) is 0 Å². The minimum absolute atomic E-state index is 0.160. The fourth-order valence-electron chi connectivity index (χ4n) is 4.22. The van der Waals surface area contributed by atoms with E-state index in [2.05, 4.69) is 4.18 Å². The molecule has 0 radical (unpaired) electrons. The zero-order valence-electron chi connectivity index (χ0n) is 21.1. The molecule has 1 heterocycles. The zero-order chi connectivity index (χ0) is 29.6. The number of hydrogen-bond donors (Lipinski definition) is 0. The molecule has 4 aromatic carbocycles. The minimum Gasteiger partial charge on any atom is -0.495 e. The molecule has 5 rings (SSSR count). The van der Waals surface area contributed by atoms with Crippen LogP contribution >= 0.6 is 11.6 Å². The van der Waals surface area contributed by atoms with Crippen LogP contribution < -0.4 is 14.5 Å². The molecule has 12 heteroatoms. The predicted octanol–water partition coefficient (Wildman–Crippen LogP) is 7.43. The van der Waals surface area contributed by atoms with Gasteiger partial charge < -0.3 is 8.92 Å². The van der Waals surface area contributed by atoms with Crippen molar-refractivity contribution in [2.75, 3.05) is 7.11 Å². The van der Waals surface area contributed by atoms with E-state index in [1.54, 1.807) is 24.3 Å². The van der Waals surface area contributed by atoms with Gasteiger partial charge >= 0.3 is 0 Å². The zero-order valence-corrected chi connectivity index (χ0v) is 22.7. The Morgan fingerprint density at radius 2 is 1.41 bits per heavy atom. The molecular weight excluding hydrogens is 589 g/mol. The van der Waals surface area contributed by atoms with E-state index in [1.165, 1.54) is 42.0 Å².